The van der Waals surface area contributed by atoms with Crippen LogP contribution in [0.25, 0.3) is 0 Å². The minimum atomic E-state index is -4.36. The zero-order chi connectivity index (χ0) is 15.7. The molecule has 1 N–H and O–H groups in total. The normalized spacial score (nSPS) is 18.1. The molecule has 22 heavy (non-hydrogen) atoms. The van der Waals surface area contributed by atoms with E-state index in [4.69, 9.17) is 0 Å². The van der Waals surface area contributed by atoms with Crippen LogP contribution < -0.4 is 5.32 Å². The largest absolute Gasteiger partial charge is 0.417 e. The van der Waals surface area contributed by atoms with Crippen molar-refractivity contribution in [2.75, 3.05) is 5.32 Å². The molecule has 1 aliphatic rings. The maximum atomic E-state index is 12.5. The summed E-state index contributed by atoms with van der Waals surface area (Å²) in [5.74, 6) is 2.23. The maximum absolute atomic E-state index is 12.5. The molecule has 3 rings (SSSR count). The van der Waals surface area contributed by atoms with E-state index in [0.29, 0.717) is 12.4 Å². The number of anilines is 1. The number of aryl methyl sites for hydroxylation is 2. The number of halogens is 3. The third-order valence-electron chi connectivity index (χ3n) is 3.66. The van der Waals surface area contributed by atoms with Crippen molar-refractivity contribution in [2.45, 2.75) is 44.9 Å². The Morgan fingerprint density at radius 1 is 1.36 bits per heavy atom. The third-order valence-corrected chi connectivity index (χ3v) is 3.66. The number of nitrogens with zero attached hydrogens (tertiary/aromatic N) is 4. The number of aromatic nitrogens is 4. The second kappa shape index (κ2) is 5.58. The Morgan fingerprint density at radius 2 is 2.18 bits per heavy atom. The van der Waals surface area contributed by atoms with E-state index in [1.165, 1.54) is 6.07 Å². The van der Waals surface area contributed by atoms with Gasteiger partial charge in [-0.15, -0.1) is 0 Å². The van der Waals surface area contributed by atoms with Crippen LogP contribution in [-0.4, -0.2) is 25.8 Å². The zero-order valence-corrected chi connectivity index (χ0v) is 12.1. The molecule has 0 aliphatic carbocycles. The molecule has 8 heteroatoms. The fourth-order valence-electron chi connectivity index (χ4n) is 2.48. The predicted molar refractivity (Wildman–Crippen MR) is 74.4 cm³/mol. The molecule has 0 saturated carbocycles. The van der Waals surface area contributed by atoms with Crippen LogP contribution in [0.1, 0.15) is 30.6 Å². The summed E-state index contributed by atoms with van der Waals surface area (Å²) in [4.78, 5) is 8.27. The lowest BCUT2D eigenvalue weighted by Crippen LogP contribution is -2.32. The molecule has 0 fully saturated rings. The van der Waals surface area contributed by atoms with Crippen LogP contribution >= 0.6 is 0 Å². The molecule has 0 spiro atoms. The monoisotopic (exact) mass is 311 g/mol. The first kappa shape index (κ1) is 14.8. The Bertz CT molecular complexity index is 647. The van der Waals surface area contributed by atoms with Gasteiger partial charge in [0.1, 0.15) is 11.6 Å². The van der Waals surface area contributed by atoms with Gasteiger partial charge in [-0.1, -0.05) is 6.92 Å². The lowest BCUT2D eigenvalue weighted by molar-refractivity contribution is -0.137. The number of hydrogen-bond acceptors (Lipinski definition) is 4. The van der Waals surface area contributed by atoms with Crippen molar-refractivity contribution in [1.82, 2.24) is 19.7 Å². The first-order chi connectivity index (χ1) is 10.5. The molecule has 1 atom stereocenters. The summed E-state index contributed by atoms with van der Waals surface area (Å²) in [5.41, 5.74) is -0.743. The van der Waals surface area contributed by atoms with Gasteiger partial charge in [0.05, 0.1) is 12.1 Å². The zero-order valence-electron chi connectivity index (χ0n) is 12.1. The van der Waals surface area contributed by atoms with Crippen molar-refractivity contribution in [3.05, 3.63) is 35.5 Å². The van der Waals surface area contributed by atoms with Crippen LogP contribution in [0, 0.1) is 0 Å². The van der Waals surface area contributed by atoms with E-state index in [9.17, 15) is 13.2 Å². The minimum absolute atomic E-state index is 0.0862. The molecule has 5 nitrogen and oxygen atoms in total. The fraction of sp³-hybridized carbons (Fsp3) is 0.500. The summed E-state index contributed by atoms with van der Waals surface area (Å²) in [6.07, 6.45) is -1.07. The topological polar surface area (TPSA) is 55.6 Å². The molecule has 3 heterocycles. The summed E-state index contributed by atoms with van der Waals surface area (Å²) in [7, 11) is 0. The van der Waals surface area contributed by atoms with Gasteiger partial charge in [0.15, 0.2) is 5.82 Å². The highest BCUT2D eigenvalue weighted by molar-refractivity contribution is 5.37. The quantitative estimate of drug-likeness (QED) is 0.947. The number of fused-ring (bicyclic) bond motifs is 1. The van der Waals surface area contributed by atoms with E-state index in [0.717, 1.165) is 43.2 Å². The lowest BCUT2D eigenvalue weighted by atomic mass is 10.1. The van der Waals surface area contributed by atoms with Crippen LogP contribution in [0.3, 0.4) is 0 Å². The van der Waals surface area contributed by atoms with Crippen molar-refractivity contribution in [3.8, 4) is 0 Å². The van der Waals surface area contributed by atoms with Gasteiger partial charge in [-0.2, -0.15) is 18.3 Å². The Labute approximate surface area is 125 Å². The van der Waals surface area contributed by atoms with Crippen LogP contribution in [0.15, 0.2) is 18.3 Å². The maximum Gasteiger partial charge on any atom is 0.417 e. The first-order valence-electron chi connectivity index (χ1n) is 7.18. The average Bonchev–Trinajstić information content (AvgIpc) is 2.89. The van der Waals surface area contributed by atoms with Gasteiger partial charge in [0, 0.05) is 25.1 Å². The van der Waals surface area contributed by atoms with E-state index in [2.05, 4.69) is 20.4 Å². The number of rotatable bonds is 3. The number of alkyl halides is 3. The second-order valence-electron chi connectivity index (χ2n) is 5.29. The van der Waals surface area contributed by atoms with Gasteiger partial charge in [-0.3, -0.25) is 0 Å². The molecule has 0 saturated heterocycles. The smallest absolute Gasteiger partial charge is 0.365 e. The van der Waals surface area contributed by atoms with Gasteiger partial charge in [-0.25, -0.2) is 14.6 Å². The van der Waals surface area contributed by atoms with Crippen LogP contribution in [0.4, 0.5) is 19.0 Å². The highest BCUT2D eigenvalue weighted by Gasteiger charge is 2.30. The predicted octanol–water partition coefficient (Wildman–Crippen LogP) is 2.68. The summed E-state index contributed by atoms with van der Waals surface area (Å²) < 4.78 is 39.4. The molecule has 2 aromatic rings. The molecular formula is C14H16F3N5. The SMILES string of the molecule is CCc1nc2n(n1)CC(Nc1ccc(C(F)(F)F)cn1)CC2. The number of hydrogen-bond donors (Lipinski definition) is 1. The molecular weight excluding hydrogens is 295 g/mol. The Morgan fingerprint density at radius 3 is 2.82 bits per heavy atom. The van der Waals surface area contributed by atoms with Crippen molar-refractivity contribution in [2.24, 2.45) is 0 Å². The van der Waals surface area contributed by atoms with Gasteiger partial charge in [0.2, 0.25) is 0 Å². The number of nitrogens with one attached hydrogen (secondary N) is 1. The summed E-state index contributed by atoms with van der Waals surface area (Å²) in [5, 5.41) is 7.56. The lowest BCUT2D eigenvalue weighted by Gasteiger charge is -2.24. The fourth-order valence-corrected chi connectivity index (χ4v) is 2.48. The standard InChI is InChI=1S/C14H16F3N5/c1-2-11-20-13-6-4-10(8-22(13)21-11)19-12-5-3-9(7-18-12)14(15,16)17/h3,5,7,10H,2,4,6,8H2,1H3,(H,18,19). The van der Waals surface area contributed by atoms with Crippen LogP contribution in [-0.2, 0) is 25.6 Å². The van der Waals surface area contributed by atoms with Crippen LogP contribution in [0.5, 0.6) is 0 Å². The molecule has 0 radical (unpaired) electrons. The Balaban J connectivity index is 1.67. The molecule has 0 bridgehead atoms. The minimum Gasteiger partial charge on any atom is -0.365 e. The summed E-state index contributed by atoms with van der Waals surface area (Å²) in [6, 6.07) is 2.48. The van der Waals surface area contributed by atoms with E-state index in [1.807, 2.05) is 11.6 Å². The highest BCUT2D eigenvalue weighted by atomic mass is 19.4. The molecule has 2 aromatic heterocycles. The number of pyridine rings is 1. The molecule has 118 valence electrons. The van der Waals surface area contributed by atoms with Crippen LogP contribution in [0.2, 0.25) is 0 Å². The first-order valence-corrected chi connectivity index (χ1v) is 7.18. The molecule has 1 aliphatic heterocycles. The van der Waals surface area contributed by atoms with E-state index in [1.54, 1.807) is 0 Å². The van der Waals surface area contributed by atoms with Crippen molar-refractivity contribution in [3.63, 3.8) is 0 Å². The Hall–Kier alpha value is -2.12. The van der Waals surface area contributed by atoms with Crippen molar-refractivity contribution < 1.29 is 13.2 Å². The van der Waals surface area contributed by atoms with Crippen molar-refractivity contribution >= 4 is 5.82 Å². The van der Waals surface area contributed by atoms with E-state index < -0.39 is 11.7 Å². The average molecular weight is 311 g/mol. The van der Waals surface area contributed by atoms with Crippen molar-refractivity contribution in [1.29, 1.82) is 0 Å². The van der Waals surface area contributed by atoms with Gasteiger partial charge in [-0.05, 0) is 18.6 Å². The molecule has 1 unspecified atom stereocenters. The van der Waals surface area contributed by atoms with E-state index in [-0.39, 0.29) is 6.04 Å². The second-order valence-corrected chi connectivity index (χ2v) is 5.29. The summed E-state index contributed by atoms with van der Waals surface area (Å²) in [6.45, 7) is 2.65. The third kappa shape index (κ3) is 3.05. The van der Waals surface area contributed by atoms with Gasteiger partial charge in [0.25, 0.3) is 0 Å². The van der Waals surface area contributed by atoms with E-state index >= 15 is 0 Å². The highest BCUT2D eigenvalue weighted by Crippen LogP contribution is 2.29. The van der Waals surface area contributed by atoms with Gasteiger partial charge >= 0.3 is 6.18 Å². The molecule has 0 aromatic carbocycles. The van der Waals surface area contributed by atoms with Gasteiger partial charge < -0.3 is 5.32 Å². The molecule has 0 amide bonds. The Kier molecular flexibility index (Phi) is 3.76. The summed E-state index contributed by atoms with van der Waals surface area (Å²) >= 11 is 0.